The van der Waals surface area contributed by atoms with Crippen molar-refractivity contribution in [3.05, 3.63) is 59.7 Å². The summed E-state index contributed by atoms with van der Waals surface area (Å²) in [7, 11) is 0. The molecule has 1 N–H and O–H groups in total. The van der Waals surface area contributed by atoms with Gasteiger partial charge in [0.15, 0.2) is 6.10 Å². The second kappa shape index (κ2) is 9.34. The van der Waals surface area contributed by atoms with Crippen LogP contribution in [-0.2, 0) is 11.2 Å². The number of amides is 1. The van der Waals surface area contributed by atoms with E-state index in [1.807, 2.05) is 55.5 Å². The molecule has 0 saturated heterocycles. The van der Waals surface area contributed by atoms with E-state index in [4.69, 9.17) is 9.47 Å². The number of fused-ring (bicyclic) bond motifs is 1. The number of hydrogen-bond acceptors (Lipinski definition) is 3. The SMILES string of the molecule is CCc1ccc(O[C@H](CC)C(=O)N[C@H]2CC(CC)(CC)Oc3ccccc32)cc1. The zero-order valence-corrected chi connectivity index (χ0v) is 18.0. The minimum atomic E-state index is -0.518. The molecule has 29 heavy (non-hydrogen) atoms. The van der Waals surface area contributed by atoms with E-state index in [2.05, 4.69) is 26.1 Å². The van der Waals surface area contributed by atoms with Gasteiger partial charge in [0.25, 0.3) is 5.91 Å². The summed E-state index contributed by atoms with van der Waals surface area (Å²) in [5, 5.41) is 3.25. The van der Waals surface area contributed by atoms with Gasteiger partial charge in [0, 0.05) is 12.0 Å². The van der Waals surface area contributed by atoms with Gasteiger partial charge < -0.3 is 14.8 Å². The Balaban J connectivity index is 1.76. The van der Waals surface area contributed by atoms with E-state index in [0.717, 1.165) is 42.7 Å². The first-order valence-electron chi connectivity index (χ1n) is 10.9. The molecular weight excluding hydrogens is 362 g/mol. The summed E-state index contributed by atoms with van der Waals surface area (Å²) >= 11 is 0. The summed E-state index contributed by atoms with van der Waals surface area (Å²) in [5.74, 6) is 1.53. The largest absolute Gasteiger partial charge is 0.487 e. The van der Waals surface area contributed by atoms with Crippen LogP contribution in [0, 0.1) is 0 Å². The van der Waals surface area contributed by atoms with E-state index in [-0.39, 0.29) is 17.6 Å². The number of carbonyl (C=O) groups is 1. The lowest BCUT2D eigenvalue weighted by Gasteiger charge is -2.42. The fraction of sp³-hybridized carbons (Fsp3) is 0.480. The molecular formula is C25H33NO3. The van der Waals surface area contributed by atoms with E-state index in [9.17, 15) is 4.79 Å². The minimum absolute atomic E-state index is 0.0742. The predicted octanol–water partition coefficient (Wildman–Crippen LogP) is 5.61. The van der Waals surface area contributed by atoms with E-state index in [1.165, 1.54) is 5.56 Å². The molecule has 1 aliphatic heterocycles. The van der Waals surface area contributed by atoms with Gasteiger partial charge >= 0.3 is 0 Å². The highest BCUT2D eigenvalue weighted by Gasteiger charge is 2.39. The third kappa shape index (κ3) is 4.75. The number of ether oxygens (including phenoxy) is 2. The Morgan fingerprint density at radius 3 is 2.41 bits per heavy atom. The Labute approximate surface area is 174 Å². The van der Waals surface area contributed by atoms with Crippen LogP contribution in [0.5, 0.6) is 11.5 Å². The van der Waals surface area contributed by atoms with Gasteiger partial charge in [0.2, 0.25) is 0 Å². The molecule has 0 bridgehead atoms. The molecule has 4 nitrogen and oxygen atoms in total. The standard InChI is InChI=1S/C25H33NO3/c1-5-18-13-15-19(16-14-18)28-22(6-2)24(27)26-21-17-25(7-3,8-4)29-23-12-10-9-11-20(21)23/h9-16,21-22H,5-8,17H2,1-4H3,(H,26,27)/t21-,22+/m0/s1. The molecule has 0 aromatic heterocycles. The second-order valence-corrected chi connectivity index (χ2v) is 7.81. The summed E-state index contributed by atoms with van der Waals surface area (Å²) in [6.07, 6.45) is 3.65. The van der Waals surface area contributed by atoms with Crippen molar-refractivity contribution in [1.82, 2.24) is 5.32 Å². The van der Waals surface area contributed by atoms with Crippen molar-refractivity contribution in [2.75, 3.05) is 0 Å². The summed E-state index contributed by atoms with van der Waals surface area (Å²) in [4.78, 5) is 13.1. The maximum atomic E-state index is 13.1. The lowest BCUT2D eigenvalue weighted by atomic mass is 9.83. The van der Waals surface area contributed by atoms with Crippen LogP contribution >= 0.6 is 0 Å². The maximum absolute atomic E-state index is 13.1. The zero-order chi connectivity index (χ0) is 20.9. The number of carbonyl (C=O) groups excluding carboxylic acids is 1. The van der Waals surface area contributed by atoms with Crippen molar-refractivity contribution in [2.45, 2.75) is 77.5 Å². The van der Waals surface area contributed by atoms with Crippen molar-refractivity contribution in [2.24, 2.45) is 0 Å². The molecule has 2 aromatic carbocycles. The smallest absolute Gasteiger partial charge is 0.261 e. The maximum Gasteiger partial charge on any atom is 0.261 e. The number of nitrogens with one attached hydrogen (secondary N) is 1. The summed E-state index contributed by atoms with van der Waals surface area (Å²) in [5.41, 5.74) is 2.05. The molecule has 4 heteroatoms. The highest BCUT2D eigenvalue weighted by molar-refractivity contribution is 5.81. The average molecular weight is 396 g/mol. The van der Waals surface area contributed by atoms with Crippen molar-refractivity contribution in [3.8, 4) is 11.5 Å². The highest BCUT2D eigenvalue weighted by atomic mass is 16.5. The van der Waals surface area contributed by atoms with Crippen LogP contribution < -0.4 is 14.8 Å². The van der Waals surface area contributed by atoms with Gasteiger partial charge in [-0.1, -0.05) is 58.0 Å². The number of aryl methyl sites for hydroxylation is 1. The fourth-order valence-electron chi connectivity index (χ4n) is 3.98. The van der Waals surface area contributed by atoms with Crippen molar-refractivity contribution in [1.29, 1.82) is 0 Å². The monoisotopic (exact) mass is 395 g/mol. The van der Waals surface area contributed by atoms with Gasteiger partial charge in [-0.15, -0.1) is 0 Å². The molecule has 1 amide bonds. The van der Waals surface area contributed by atoms with Gasteiger partial charge in [0.05, 0.1) is 6.04 Å². The first-order chi connectivity index (χ1) is 14.0. The normalized spacial score (nSPS) is 18.3. The lowest BCUT2D eigenvalue weighted by molar-refractivity contribution is -0.129. The van der Waals surface area contributed by atoms with Gasteiger partial charge in [-0.25, -0.2) is 0 Å². The van der Waals surface area contributed by atoms with Crippen molar-refractivity contribution >= 4 is 5.91 Å². The lowest BCUT2D eigenvalue weighted by Crippen LogP contribution is -2.47. The first kappa shape index (κ1) is 21.2. The van der Waals surface area contributed by atoms with Crippen LogP contribution in [-0.4, -0.2) is 17.6 Å². The minimum Gasteiger partial charge on any atom is -0.487 e. The quantitative estimate of drug-likeness (QED) is 0.632. The molecule has 0 radical (unpaired) electrons. The van der Waals surface area contributed by atoms with Crippen LogP contribution in [0.3, 0.4) is 0 Å². The molecule has 156 valence electrons. The van der Waals surface area contributed by atoms with Crippen molar-refractivity contribution < 1.29 is 14.3 Å². The van der Waals surface area contributed by atoms with Crippen LogP contribution in [0.2, 0.25) is 0 Å². The zero-order valence-electron chi connectivity index (χ0n) is 18.0. The number of hydrogen-bond donors (Lipinski definition) is 1. The Kier molecular flexibility index (Phi) is 6.83. The van der Waals surface area contributed by atoms with Crippen molar-refractivity contribution in [3.63, 3.8) is 0 Å². The Morgan fingerprint density at radius 1 is 1.10 bits per heavy atom. The Bertz CT molecular complexity index is 811. The van der Waals surface area contributed by atoms with Crippen LogP contribution in [0.1, 0.15) is 70.5 Å². The molecule has 1 aliphatic rings. The molecule has 3 rings (SSSR count). The first-order valence-corrected chi connectivity index (χ1v) is 10.9. The molecule has 0 saturated carbocycles. The number of benzene rings is 2. The molecule has 0 unspecified atom stereocenters. The Morgan fingerprint density at radius 2 is 1.79 bits per heavy atom. The van der Waals surface area contributed by atoms with Gasteiger partial charge in [-0.3, -0.25) is 4.79 Å². The topological polar surface area (TPSA) is 47.6 Å². The Hall–Kier alpha value is -2.49. The van der Waals surface area contributed by atoms with Crippen LogP contribution in [0.15, 0.2) is 48.5 Å². The molecule has 0 fully saturated rings. The van der Waals surface area contributed by atoms with Crippen LogP contribution in [0.25, 0.3) is 0 Å². The van der Waals surface area contributed by atoms with E-state index in [0.29, 0.717) is 6.42 Å². The van der Waals surface area contributed by atoms with Crippen LogP contribution in [0.4, 0.5) is 0 Å². The number of para-hydroxylation sites is 1. The predicted molar refractivity (Wildman–Crippen MR) is 116 cm³/mol. The molecule has 0 aliphatic carbocycles. The van der Waals surface area contributed by atoms with E-state index < -0.39 is 6.10 Å². The van der Waals surface area contributed by atoms with E-state index in [1.54, 1.807) is 0 Å². The molecule has 2 atom stereocenters. The summed E-state index contributed by atoms with van der Waals surface area (Å²) in [6, 6.07) is 15.9. The van der Waals surface area contributed by atoms with Gasteiger partial charge in [0.1, 0.15) is 17.1 Å². The molecule has 1 heterocycles. The van der Waals surface area contributed by atoms with E-state index >= 15 is 0 Å². The third-order valence-electron chi connectivity index (χ3n) is 6.08. The molecule has 0 spiro atoms. The second-order valence-electron chi connectivity index (χ2n) is 7.81. The fourth-order valence-corrected chi connectivity index (χ4v) is 3.98. The third-order valence-corrected chi connectivity index (χ3v) is 6.08. The summed E-state index contributed by atoms with van der Waals surface area (Å²) in [6.45, 7) is 8.39. The van der Waals surface area contributed by atoms with Gasteiger partial charge in [-0.2, -0.15) is 0 Å². The molecule has 2 aromatic rings. The summed E-state index contributed by atoms with van der Waals surface area (Å²) < 4.78 is 12.4. The average Bonchev–Trinajstić information content (AvgIpc) is 2.77. The number of rotatable bonds is 8. The highest BCUT2D eigenvalue weighted by Crippen LogP contribution is 2.42. The van der Waals surface area contributed by atoms with Gasteiger partial charge in [-0.05, 0) is 49.4 Å².